The summed E-state index contributed by atoms with van der Waals surface area (Å²) in [6.45, 7) is 2.02. The molecule has 3 aromatic rings. The van der Waals surface area contributed by atoms with E-state index in [4.69, 9.17) is 0 Å². The number of hydrogen-bond donors (Lipinski definition) is 1. The number of hydrogen-bond acceptors (Lipinski definition) is 3. The number of aryl methyl sites for hydroxylation is 1. The third-order valence-corrected chi connectivity index (χ3v) is 4.15. The molecule has 0 aliphatic heterocycles. The first-order chi connectivity index (χ1) is 10.1. The van der Waals surface area contributed by atoms with Crippen molar-refractivity contribution in [3.63, 3.8) is 0 Å². The van der Waals surface area contributed by atoms with E-state index < -0.39 is 0 Å². The number of azo groups is 1. The van der Waals surface area contributed by atoms with Gasteiger partial charge in [0.1, 0.15) is 11.4 Å². The van der Waals surface area contributed by atoms with E-state index in [0.717, 1.165) is 26.5 Å². The van der Waals surface area contributed by atoms with Gasteiger partial charge in [0.05, 0.1) is 5.69 Å². The molecule has 0 atom stereocenters. The second-order valence-corrected chi connectivity index (χ2v) is 5.64. The lowest BCUT2D eigenvalue weighted by atomic mass is 10.1. The molecule has 104 valence electrons. The van der Waals surface area contributed by atoms with Gasteiger partial charge >= 0.3 is 0 Å². The van der Waals surface area contributed by atoms with E-state index in [1.54, 1.807) is 6.07 Å². The molecule has 3 nitrogen and oxygen atoms in total. The maximum Gasteiger partial charge on any atom is 0.143 e. The molecule has 3 aromatic carbocycles. The Kier molecular flexibility index (Phi) is 3.71. The zero-order valence-corrected chi connectivity index (χ0v) is 13.0. The fourth-order valence-electron chi connectivity index (χ4n) is 2.10. The highest BCUT2D eigenvalue weighted by Gasteiger charge is 2.05. The van der Waals surface area contributed by atoms with Gasteiger partial charge in [0.2, 0.25) is 0 Å². The highest BCUT2D eigenvalue weighted by Crippen LogP contribution is 2.36. The number of benzene rings is 3. The second-order valence-electron chi connectivity index (χ2n) is 4.79. The predicted octanol–water partition coefficient (Wildman–Crippen LogP) is 6.03. The Morgan fingerprint density at radius 2 is 1.76 bits per heavy atom. The van der Waals surface area contributed by atoms with Crippen LogP contribution in [0.2, 0.25) is 0 Å². The van der Waals surface area contributed by atoms with E-state index in [1.807, 2.05) is 55.5 Å². The van der Waals surface area contributed by atoms with Crippen LogP contribution in [0.5, 0.6) is 5.75 Å². The molecule has 0 unspecified atom stereocenters. The van der Waals surface area contributed by atoms with Gasteiger partial charge in [-0.1, -0.05) is 52.3 Å². The maximum absolute atomic E-state index is 10.0. The van der Waals surface area contributed by atoms with Crippen LogP contribution in [0.1, 0.15) is 5.56 Å². The van der Waals surface area contributed by atoms with E-state index >= 15 is 0 Å². The van der Waals surface area contributed by atoms with Gasteiger partial charge in [-0.2, -0.15) is 5.11 Å². The molecule has 0 saturated heterocycles. The summed E-state index contributed by atoms with van der Waals surface area (Å²) in [5.41, 5.74) is 2.37. The molecule has 0 fully saturated rings. The zero-order valence-electron chi connectivity index (χ0n) is 11.4. The van der Waals surface area contributed by atoms with Crippen LogP contribution < -0.4 is 0 Å². The summed E-state index contributed by atoms with van der Waals surface area (Å²) in [6, 6.07) is 17.1. The first-order valence-electron chi connectivity index (χ1n) is 6.54. The van der Waals surface area contributed by atoms with Crippen LogP contribution in [0.15, 0.2) is 69.3 Å². The number of aromatic hydroxyl groups is 1. The predicted molar refractivity (Wildman–Crippen MR) is 88.7 cm³/mol. The molecule has 0 aliphatic rings. The molecular formula is C17H13BrN2O. The Morgan fingerprint density at radius 3 is 2.57 bits per heavy atom. The fraction of sp³-hybridized carbons (Fsp3) is 0.0588. The number of phenolic OH excluding ortho intramolecular Hbond substituents is 1. The SMILES string of the molecule is Cc1ccc(N=Nc2c(O)ccc3ccccc23)cc1Br. The summed E-state index contributed by atoms with van der Waals surface area (Å²) in [4.78, 5) is 0. The molecule has 0 bridgehead atoms. The summed E-state index contributed by atoms with van der Waals surface area (Å²) in [7, 11) is 0. The number of fused-ring (bicyclic) bond motifs is 1. The van der Waals surface area contributed by atoms with Crippen LogP contribution in [0, 0.1) is 6.92 Å². The molecule has 0 saturated carbocycles. The van der Waals surface area contributed by atoms with Crippen LogP contribution in [0.4, 0.5) is 11.4 Å². The standard InChI is InChI=1S/C17H13BrN2O/c1-11-6-8-13(10-15(11)18)19-20-17-14-5-3-2-4-12(14)7-9-16(17)21/h2-10,21H,1H3. The van der Waals surface area contributed by atoms with E-state index in [1.165, 1.54) is 0 Å². The van der Waals surface area contributed by atoms with Crippen molar-refractivity contribution in [1.29, 1.82) is 0 Å². The summed E-state index contributed by atoms with van der Waals surface area (Å²) in [6.07, 6.45) is 0. The molecule has 0 aromatic heterocycles. The van der Waals surface area contributed by atoms with Crippen molar-refractivity contribution in [3.8, 4) is 5.75 Å². The third-order valence-electron chi connectivity index (χ3n) is 3.30. The minimum Gasteiger partial charge on any atom is -0.506 e. The minimum atomic E-state index is 0.128. The van der Waals surface area contributed by atoms with Crippen molar-refractivity contribution >= 4 is 38.1 Å². The molecular weight excluding hydrogens is 328 g/mol. The summed E-state index contributed by atoms with van der Waals surface area (Å²) < 4.78 is 0.987. The Hall–Kier alpha value is -2.20. The van der Waals surface area contributed by atoms with Crippen molar-refractivity contribution in [1.82, 2.24) is 0 Å². The van der Waals surface area contributed by atoms with Gasteiger partial charge in [-0.3, -0.25) is 0 Å². The van der Waals surface area contributed by atoms with Crippen LogP contribution in [0.25, 0.3) is 10.8 Å². The maximum atomic E-state index is 10.0. The van der Waals surface area contributed by atoms with Crippen LogP contribution in [-0.4, -0.2) is 5.11 Å². The fourth-order valence-corrected chi connectivity index (χ4v) is 2.47. The smallest absolute Gasteiger partial charge is 0.143 e. The average molecular weight is 341 g/mol. The largest absolute Gasteiger partial charge is 0.506 e. The van der Waals surface area contributed by atoms with Gasteiger partial charge in [-0.05, 0) is 36.1 Å². The number of nitrogens with zero attached hydrogens (tertiary/aromatic N) is 2. The Labute approximate surface area is 131 Å². The third kappa shape index (κ3) is 2.81. The summed E-state index contributed by atoms with van der Waals surface area (Å²) in [5, 5.41) is 20.4. The molecule has 21 heavy (non-hydrogen) atoms. The van der Waals surface area contributed by atoms with E-state index in [-0.39, 0.29) is 5.75 Å². The molecule has 0 heterocycles. The zero-order chi connectivity index (χ0) is 14.8. The van der Waals surface area contributed by atoms with Crippen LogP contribution in [-0.2, 0) is 0 Å². The number of halogens is 1. The molecule has 0 spiro atoms. The molecule has 0 radical (unpaired) electrons. The number of phenols is 1. The van der Waals surface area contributed by atoms with Gasteiger partial charge in [0.15, 0.2) is 0 Å². The molecule has 3 rings (SSSR count). The number of rotatable bonds is 2. The van der Waals surface area contributed by atoms with Crippen molar-refractivity contribution in [2.75, 3.05) is 0 Å². The topological polar surface area (TPSA) is 45.0 Å². The van der Waals surface area contributed by atoms with Crippen LogP contribution >= 0.6 is 15.9 Å². The Morgan fingerprint density at radius 1 is 0.952 bits per heavy atom. The van der Waals surface area contributed by atoms with Crippen LogP contribution in [0.3, 0.4) is 0 Å². The quantitative estimate of drug-likeness (QED) is 0.568. The van der Waals surface area contributed by atoms with Crippen molar-refractivity contribution < 1.29 is 5.11 Å². The Balaban J connectivity index is 2.06. The first-order valence-corrected chi connectivity index (χ1v) is 7.33. The lowest BCUT2D eigenvalue weighted by Gasteiger charge is -2.04. The first kappa shape index (κ1) is 13.8. The highest BCUT2D eigenvalue weighted by molar-refractivity contribution is 9.10. The average Bonchev–Trinajstić information content (AvgIpc) is 2.50. The molecule has 0 amide bonds. The van der Waals surface area contributed by atoms with E-state index in [2.05, 4.69) is 26.2 Å². The summed E-state index contributed by atoms with van der Waals surface area (Å²) in [5.74, 6) is 0.128. The van der Waals surface area contributed by atoms with E-state index in [9.17, 15) is 5.11 Å². The Bertz CT molecular complexity index is 843. The normalized spacial score (nSPS) is 11.3. The van der Waals surface area contributed by atoms with Gasteiger partial charge in [0.25, 0.3) is 0 Å². The van der Waals surface area contributed by atoms with E-state index in [0.29, 0.717) is 5.69 Å². The van der Waals surface area contributed by atoms with Gasteiger partial charge in [0, 0.05) is 9.86 Å². The second kappa shape index (κ2) is 5.66. The van der Waals surface area contributed by atoms with Crippen molar-refractivity contribution in [3.05, 3.63) is 64.6 Å². The lowest BCUT2D eigenvalue weighted by molar-refractivity contribution is 0.477. The summed E-state index contributed by atoms with van der Waals surface area (Å²) >= 11 is 3.48. The molecule has 0 aliphatic carbocycles. The molecule has 4 heteroatoms. The van der Waals surface area contributed by atoms with Gasteiger partial charge in [-0.25, -0.2) is 0 Å². The van der Waals surface area contributed by atoms with Gasteiger partial charge in [-0.15, -0.1) is 5.11 Å². The van der Waals surface area contributed by atoms with Crippen molar-refractivity contribution in [2.24, 2.45) is 10.2 Å². The highest BCUT2D eigenvalue weighted by atomic mass is 79.9. The van der Waals surface area contributed by atoms with Gasteiger partial charge < -0.3 is 5.11 Å². The minimum absolute atomic E-state index is 0.128. The lowest BCUT2D eigenvalue weighted by Crippen LogP contribution is -1.75. The van der Waals surface area contributed by atoms with Crippen molar-refractivity contribution in [2.45, 2.75) is 6.92 Å². The monoisotopic (exact) mass is 340 g/mol. The molecule has 1 N–H and O–H groups in total.